The molecule has 1 amide bonds. The third-order valence-corrected chi connectivity index (χ3v) is 8.44. The summed E-state index contributed by atoms with van der Waals surface area (Å²) in [6.07, 6.45) is 4.67. The molecule has 1 fully saturated rings. The first-order valence-corrected chi connectivity index (χ1v) is 10.8. The number of thiophene rings is 1. The van der Waals surface area contributed by atoms with Crippen LogP contribution in [0, 0.1) is 11.8 Å². The van der Waals surface area contributed by atoms with Crippen molar-refractivity contribution in [1.82, 2.24) is 5.32 Å². The molecule has 0 saturated heterocycles. The number of nitrogens with one attached hydrogen (secondary N) is 1. The molecule has 23 heavy (non-hydrogen) atoms. The van der Waals surface area contributed by atoms with Gasteiger partial charge in [-0.05, 0) is 38.5 Å². The maximum Gasteiger partial charge on any atom is 0.262 e. The molecule has 1 heterocycles. The van der Waals surface area contributed by atoms with Crippen LogP contribution in [0.3, 0.4) is 0 Å². The number of rotatable bonds is 5. The fourth-order valence-electron chi connectivity index (χ4n) is 2.78. The average Bonchev–Trinajstić information content (AvgIpc) is 2.88. The minimum atomic E-state index is -3.46. The number of hydrogen-bond donors (Lipinski definition) is 1. The summed E-state index contributed by atoms with van der Waals surface area (Å²) in [5, 5.41) is 3.87. The largest absolute Gasteiger partial charge is 0.351 e. The second-order valence-corrected chi connectivity index (χ2v) is 10.4. The van der Waals surface area contributed by atoms with Gasteiger partial charge in [0.1, 0.15) is 4.88 Å². The van der Waals surface area contributed by atoms with Crippen molar-refractivity contribution in [3.63, 3.8) is 0 Å². The van der Waals surface area contributed by atoms with Crippen LogP contribution in [0.4, 0.5) is 0 Å². The van der Waals surface area contributed by atoms with E-state index in [1.807, 2.05) is 0 Å². The predicted octanol–water partition coefficient (Wildman–Crippen LogP) is 4.14. The van der Waals surface area contributed by atoms with Gasteiger partial charge < -0.3 is 5.32 Å². The SMILES string of the molecule is CC1CCC(CNC(=O)c2scc(S(=O)(=O)C(C)C)c2Cl)CC1. The minimum Gasteiger partial charge on any atom is -0.351 e. The van der Waals surface area contributed by atoms with Gasteiger partial charge >= 0.3 is 0 Å². The van der Waals surface area contributed by atoms with E-state index in [1.165, 1.54) is 18.2 Å². The summed E-state index contributed by atoms with van der Waals surface area (Å²) in [4.78, 5) is 12.7. The van der Waals surface area contributed by atoms with Gasteiger partial charge in [-0.25, -0.2) is 8.42 Å². The van der Waals surface area contributed by atoms with Crippen LogP contribution in [0.15, 0.2) is 10.3 Å². The molecule has 2 rings (SSSR count). The third kappa shape index (κ3) is 4.28. The van der Waals surface area contributed by atoms with Crippen molar-refractivity contribution in [2.75, 3.05) is 6.54 Å². The fourth-order valence-corrected chi connectivity index (χ4v) is 5.78. The third-order valence-electron chi connectivity index (χ3n) is 4.52. The topological polar surface area (TPSA) is 63.2 Å². The Bertz CT molecular complexity index is 659. The molecule has 0 spiro atoms. The van der Waals surface area contributed by atoms with E-state index >= 15 is 0 Å². The molecule has 130 valence electrons. The van der Waals surface area contributed by atoms with Crippen LogP contribution in [0.2, 0.25) is 5.02 Å². The summed E-state index contributed by atoms with van der Waals surface area (Å²) in [6, 6.07) is 0. The Kier molecular flexibility index (Phi) is 6.14. The number of amides is 1. The summed E-state index contributed by atoms with van der Waals surface area (Å²) in [5.74, 6) is 1.01. The zero-order valence-corrected chi connectivity index (χ0v) is 16.2. The average molecular weight is 378 g/mol. The summed E-state index contributed by atoms with van der Waals surface area (Å²) >= 11 is 7.25. The van der Waals surface area contributed by atoms with E-state index in [2.05, 4.69) is 12.2 Å². The number of carbonyl (C=O) groups excluding carboxylic acids is 1. The lowest BCUT2D eigenvalue weighted by atomic mass is 9.83. The molecule has 0 radical (unpaired) electrons. The van der Waals surface area contributed by atoms with Gasteiger partial charge in [0, 0.05) is 11.9 Å². The van der Waals surface area contributed by atoms with Gasteiger partial charge in [0.15, 0.2) is 9.84 Å². The molecular formula is C16H24ClNO3S2. The van der Waals surface area contributed by atoms with E-state index in [4.69, 9.17) is 11.6 Å². The Morgan fingerprint density at radius 2 is 1.96 bits per heavy atom. The minimum absolute atomic E-state index is 0.0541. The van der Waals surface area contributed by atoms with E-state index < -0.39 is 15.1 Å². The van der Waals surface area contributed by atoms with Crippen LogP contribution in [-0.4, -0.2) is 26.1 Å². The Hall–Kier alpha value is -0.590. The highest BCUT2D eigenvalue weighted by atomic mass is 35.5. The molecule has 0 aliphatic heterocycles. The molecule has 1 aliphatic carbocycles. The standard InChI is InChI=1S/C16H24ClNO3S2/c1-10(2)23(20,21)13-9-22-15(14(13)17)16(19)18-8-12-6-4-11(3)5-7-12/h9-12H,4-8H2,1-3H3,(H,18,19). The van der Waals surface area contributed by atoms with Crippen LogP contribution in [0.25, 0.3) is 0 Å². The number of carbonyl (C=O) groups is 1. The summed E-state index contributed by atoms with van der Waals surface area (Å²) in [7, 11) is -3.46. The normalized spacial score (nSPS) is 22.3. The Labute approximate surface area is 147 Å². The molecule has 4 nitrogen and oxygen atoms in total. The molecule has 1 aromatic rings. The second kappa shape index (κ2) is 7.53. The highest BCUT2D eigenvalue weighted by Crippen LogP contribution is 2.34. The van der Waals surface area contributed by atoms with Crippen LogP contribution in [0.5, 0.6) is 0 Å². The first-order chi connectivity index (χ1) is 10.7. The zero-order valence-electron chi connectivity index (χ0n) is 13.8. The molecule has 0 unspecified atom stereocenters. The van der Waals surface area contributed by atoms with Crippen LogP contribution in [0.1, 0.15) is 56.1 Å². The summed E-state index contributed by atoms with van der Waals surface area (Å²) < 4.78 is 24.4. The van der Waals surface area contributed by atoms with E-state index in [9.17, 15) is 13.2 Å². The second-order valence-electron chi connectivity index (χ2n) is 6.67. The van der Waals surface area contributed by atoms with E-state index in [0.29, 0.717) is 12.5 Å². The van der Waals surface area contributed by atoms with Crippen molar-refractivity contribution in [2.24, 2.45) is 11.8 Å². The quantitative estimate of drug-likeness (QED) is 0.838. The van der Waals surface area contributed by atoms with E-state index in [0.717, 1.165) is 30.1 Å². The van der Waals surface area contributed by atoms with E-state index in [-0.39, 0.29) is 20.7 Å². The van der Waals surface area contributed by atoms with Crippen LogP contribution in [-0.2, 0) is 9.84 Å². The maximum absolute atomic E-state index is 12.3. The lowest BCUT2D eigenvalue weighted by Crippen LogP contribution is -2.30. The molecule has 1 aromatic heterocycles. The first kappa shape index (κ1) is 18.7. The van der Waals surface area contributed by atoms with Crippen LogP contribution >= 0.6 is 22.9 Å². The monoisotopic (exact) mass is 377 g/mol. The highest BCUT2D eigenvalue weighted by molar-refractivity contribution is 7.92. The van der Waals surface area contributed by atoms with Gasteiger partial charge in [-0.1, -0.05) is 31.4 Å². The van der Waals surface area contributed by atoms with Gasteiger partial charge in [-0.15, -0.1) is 11.3 Å². The van der Waals surface area contributed by atoms with Crippen molar-refractivity contribution in [3.8, 4) is 0 Å². The van der Waals surface area contributed by atoms with Crippen molar-refractivity contribution in [1.29, 1.82) is 0 Å². The van der Waals surface area contributed by atoms with E-state index in [1.54, 1.807) is 13.8 Å². The highest BCUT2D eigenvalue weighted by Gasteiger charge is 2.28. The lowest BCUT2D eigenvalue weighted by molar-refractivity contribution is 0.0946. The number of sulfone groups is 1. The Morgan fingerprint density at radius 3 is 2.52 bits per heavy atom. The smallest absolute Gasteiger partial charge is 0.262 e. The van der Waals surface area contributed by atoms with Crippen molar-refractivity contribution < 1.29 is 13.2 Å². The maximum atomic E-state index is 12.3. The number of halogens is 1. The molecule has 1 aliphatic rings. The molecule has 7 heteroatoms. The van der Waals surface area contributed by atoms with Crippen molar-refractivity contribution >= 4 is 38.7 Å². The molecule has 0 atom stereocenters. The molecule has 1 N–H and O–H groups in total. The fraction of sp³-hybridized carbons (Fsp3) is 0.688. The van der Waals surface area contributed by atoms with Crippen molar-refractivity contribution in [2.45, 2.75) is 56.6 Å². The van der Waals surface area contributed by atoms with Gasteiger partial charge in [0.05, 0.1) is 15.2 Å². The Morgan fingerprint density at radius 1 is 1.35 bits per heavy atom. The first-order valence-electron chi connectivity index (χ1n) is 8.02. The van der Waals surface area contributed by atoms with Gasteiger partial charge in [0.25, 0.3) is 5.91 Å². The number of hydrogen-bond acceptors (Lipinski definition) is 4. The zero-order chi connectivity index (χ0) is 17.2. The van der Waals surface area contributed by atoms with Crippen molar-refractivity contribution in [3.05, 3.63) is 15.3 Å². The molecule has 0 aromatic carbocycles. The van der Waals surface area contributed by atoms with Gasteiger partial charge in [-0.2, -0.15) is 0 Å². The van der Waals surface area contributed by atoms with Gasteiger partial charge in [0.2, 0.25) is 0 Å². The Balaban J connectivity index is 2.02. The summed E-state index contributed by atoms with van der Waals surface area (Å²) in [6.45, 7) is 6.10. The van der Waals surface area contributed by atoms with Crippen LogP contribution < -0.4 is 5.32 Å². The summed E-state index contributed by atoms with van der Waals surface area (Å²) in [5.41, 5.74) is 0. The van der Waals surface area contributed by atoms with Gasteiger partial charge in [-0.3, -0.25) is 4.79 Å². The molecule has 0 bridgehead atoms. The molecular weight excluding hydrogens is 354 g/mol. The molecule has 1 saturated carbocycles. The lowest BCUT2D eigenvalue weighted by Gasteiger charge is -2.26. The predicted molar refractivity (Wildman–Crippen MR) is 95.1 cm³/mol.